The molecule has 2 N–H and O–H groups in total. The summed E-state index contributed by atoms with van der Waals surface area (Å²) >= 11 is 0. The van der Waals surface area contributed by atoms with Crippen molar-refractivity contribution in [2.45, 2.75) is 13.3 Å². The van der Waals surface area contributed by atoms with Crippen LogP contribution in [0.5, 0.6) is 5.75 Å². The van der Waals surface area contributed by atoms with Gasteiger partial charge in [-0.2, -0.15) is 0 Å². The number of carboxylic acids is 1. The number of carbonyl (C=O) groups is 1. The molecule has 0 aliphatic carbocycles. The zero-order valence-corrected chi connectivity index (χ0v) is 13.5. The molecule has 0 amide bonds. The van der Waals surface area contributed by atoms with Crippen LogP contribution in [-0.2, 0) is 11.2 Å². The molecule has 0 aliphatic rings. The largest absolute Gasteiger partial charge is 0.495 e. The first kappa shape index (κ1) is 15.8. The van der Waals surface area contributed by atoms with E-state index in [1.165, 1.54) is 0 Å². The van der Waals surface area contributed by atoms with Crippen molar-refractivity contribution >= 4 is 28.2 Å². The van der Waals surface area contributed by atoms with Gasteiger partial charge in [-0.15, -0.1) is 0 Å². The minimum atomic E-state index is -0.906. The van der Waals surface area contributed by atoms with Crippen molar-refractivity contribution in [3.63, 3.8) is 0 Å². The number of hydrogen-bond donors (Lipinski definition) is 2. The van der Waals surface area contributed by atoms with E-state index < -0.39 is 5.97 Å². The second-order valence-corrected chi connectivity index (χ2v) is 5.58. The fraction of sp³-hybridized carbons (Fsp3) is 0.158. The first-order valence-corrected chi connectivity index (χ1v) is 7.59. The molecule has 0 aliphatic heterocycles. The molecule has 5 heteroatoms. The number of methoxy groups -OCH3 is 1. The highest BCUT2D eigenvalue weighted by atomic mass is 16.5. The van der Waals surface area contributed by atoms with Crippen molar-refractivity contribution in [2.75, 3.05) is 12.4 Å². The quantitative estimate of drug-likeness (QED) is 0.745. The zero-order valence-electron chi connectivity index (χ0n) is 13.5. The SMILES string of the molecule is COc1ccc(C)cc1Nc1cc(CC(=O)O)nc2ccccc12. The van der Waals surface area contributed by atoms with Crippen LogP contribution in [0.15, 0.2) is 48.5 Å². The van der Waals surface area contributed by atoms with Crippen molar-refractivity contribution in [1.29, 1.82) is 0 Å². The molecule has 122 valence electrons. The number of hydrogen-bond acceptors (Lipinski definition) is 4. The molecule has 1 heterocycles. The molecule has 0 fully saturated rings. The van der Waals surface area contributed by atoms with Crippen LogP contribution >= 0.6 is 0 Å². The lowest BCUT2D eigenvalue weighted by molar-refractivity contribution is -0.136. The van der Waals surface area contributed by atoms with Gasteiger partial charge in [-0.1, -0.05) is 24.3 Å². The Morgan fingerprint density at radius 3 is 2.71 bits per heavy atom. The molecule has 3 rings (SSSR count). The van der Waals surface area contributed by atoms with Crippen LogP contribution in [0.2, 0.25) is 0 Å². The summed E-state index contributed by atoms with van der Waals surface area (Å²) in [6, 6.07) is 15.3. The highest BCUT2D eigenvalue weighted by Crippen LogP contribution is 2.32. The van der Waals surface area contributed by atoms with Crippen molar-refractivity contribution in [3.05, 3.63) is 59.8 Å². The number of carboxylic acid groups (broad SMARTS) is 1. The van der Waals surface area contributed by atoms with Gasteiger partial charge in [0.25, 0.3) is 0 Å². The van der Waals surface area contributed by atoms with Crippen LogP contribution in [0.1, 0.15) is 11.3 Å². The summed E-state index contributed by atoms with van der Waals surface area (Å²) in [4.78, 5) is 15.5. The summed E-state index contributed by atoms with van der Waals surface area (Å²) in [6.07, 6.45) is -0.121. The number of nitrogens with zero attached hydrogens (tertiary/aromatic N) is 1. The van der Waals surface area contributed by atoms with Crippen LogP contribution in [0, 0.1) is 6.92 Å². The molecule has 0 unspecified atom stereocenters. The third kappa shape index (κ3) is 3.30. The molecule has 0 radical (unpaired) electrons. The Hall–Kier alpha value is -3.08. The van der Waals surface area contributed by atoms with E-state index in [1.807, 2.05) is 49.4 Å². The summed E-state index contributed by atoms with van der Waals surface area (Å²) < 4.78 is 5.41. The Balaban J connectivity index is 2.11. The smallest absolute Gasteiger partial charge is 0.309 e. The number of aliphatic carboxylic acids is 1. The standard InChI is InChI=1S/C19H18N2O3/c1-12-7-8-18(24-2)17(9-12)21-16-10-13(11-19(22)23)20-15-6-4-3-5-14(15)16/h3-10H,11H2,1-2H3,(H,20,21)(H,22,23). The number of ether oxygens (including phenoxy) is 1. The summed E-state index contributed by atoms with van der Waals surface area (Å²) in [7, 11) is 1.62. The Morgan fingerprint density at radius 1 is 1.17 bits per heavy atom. The number of rotatable bonds is 5. The second kappa shape index (κ2) is 6.58. The summed E-state index contributed by atoms with van der Waals surface area (Å²) in [6.45, 7) is 2.01. The Kier molecular flexibility index (Phi) is 4.33. The number of anilines is 2. The molecule has 0 spiro atoms. The fourth-order valence-electron chi connectivity index (χ4n) is 2.64. The average Bonchev–Trinajstić information content (AvgIpc) is 2.54. The molecule has 24 heavy (non-hydrogen) atoms. The van der Waals surface area contributed by atoms with Gasteiger partial charge in [0.15, 0.2) is 0 Å². The lowest BCUT2D eigenvalue weighted by Gasteiger charge is -2.15. The molecular weight excluding hydrogens is 304 g/mol. The minimum Gasteiger partial charge on any atom is -0.495 e. The van der Waals surface area contributed by atoms with E-state index in [9.17, 15) is 4.79 Å². The van der Waals surface area contributed by atoms with E-state index in [0.717, 1.165) is 33.6 Å². The maximum absolute atomic E-state index is 11.0. The highest BCUT2D eigenvalue weighted by molar-refractivity contribution is 5.94. The van der Waals surface area contributed by atoms with Crippen LogP contribution in [-0.4, -0.2) is 23.2 Å². The van der Waals surface area contributed by atoms with Crippen molar-refractivity contribution in [1.82, 2.24) is 4.98 Å². The molecule has 0 saturated heterocycles. The molecule has 0 saturated carbocycles. The van der Waals surface area contributed by atoms with Gasteiger partial charge in [0.1, 0.15) is 5.75 Å². The Morgan fingerprint density at radius 2 is 1.96 bits per heavy atom. The number of nitrogens with one attached hydrogen (secondary N) is 1. The molecule has 0 atom stereocenters. The number of pyridine rings is 1. The molecular formula is C19H18N2O3. The third-order valence-corrected chi connectivity index (χ3v) is 3.73. The summed E-state index contributed by atoms with van der Waals surface area (Å²) in [5.41, 5.74) is 4.00. The fourth-order valence-corrected chi connectivity index (χ4v) is 2.64. The van der Waals surface area contributed by atoms with Gasteiger partial charge in [-0.05, 0) is 36.8 Å². The molecule has 3 aromatic rings. The zero-order chi connectivity index (χ0) is 17.1. The first-order chi connectivity index (χ1) is 11.6. The van der Waals surface area contributed by atoms with Crippen LogP contribution in [0.25, 0.3) is 10.9 Å². The lowest BCUT2D eigenvalue weighted by Crippen LogP contribution is -2.04. The highest BCUT2D eigenvalue weighted by Gasteiger charge is 2.11. The third-order valence-electron chi connectivity index (χ3n) is 3.73. The van der Waals surface area contributed by atoms with Gasteiger partial charge >= 0.3 is 5.97 Å². The summed E-state index contributed by atoms with van der Waals surface area (Å²) in [5.74, 6) is -0.182. The van der Waals surface area contributed by atoms with Gasteiger partial charge in [0.05, 0.1) is 30.4 Å². The van der Waals surface area contributed by atoms with Crippen molar-refractivity contribution in [3.8, 4) is 5.75 Å². The van der Waals surface area contributed by atoms with E-state index in [0.29, 0.717) is 5.69 Å². The number of fused-ring (bicyclic) bond motifs is 1. The molecule has 5 nitrogen and oxygen atoms in total. The molecule has 0 bridgehead atoms. The number of aromatic nitrogens is 1. The van der Waals surface area contributed by atoms with Crippen molar-refractivity contribution in [2.24, 2.45) is 0 Å². The van der Waals surface area contributed by atoms with E-state index in [2.05, 4.69) is 10.3 Å². The van der Waals surface area contributed by atoms with Gasteiger partial charge in [-0.3, -0.25) is 9.78 Å². The van der Waals surface area contributed by atoms with Gasteiger partial charge in [0.2, 0.25) is 0 Å². The summed E-state index contributed by atoms with van der Waals surface area (Å²) in [5, 5.41) is 13.3. The van der Waals surface area contributed by atoms with Crippen molar-refractivity contribution < 1.29 is 14.6 Å². The monoisotopic (exact) mass is 322 g/mol. The predicted octanol–water partition coefficient (Wildman–Crippen LogP) is 3.92. The van der Waals surface area contributed by atoms with Crippen LogP contribution in [0.4, 0.5) is 11.4 Å². The number of aryl methyl sites for hydroxylation is 1. The van der Waals surface area contributed by atoms with E-state index >= 15 is 0 Å². The van der Waals surface area contributed by atoms with E-state index in [4.69, 9.17) is 9.84 Å². The molecule has 2 aromatic carbocycles. The van der Waals surface area contributed by atoms with E-state index in [1.54, 1.807) is 13.2 Å². The first-order valence-electron chi connectivity index (χ1n) is 7.59. The van der Waals surface area contributed by atoms with Crippen LogP contribution < -0.4 is 10.1 Å². The minimum absolute atomic E-state index is 0.121. The maximum Gasteiger partial charge on any atom is 0.309 e. The Bertz CT molecular complexity index is 906. The maximum atomic E-state index is 11.0. The van der Waals surface area contributed by atoms with Gasteiger partial charge < -0.3 is 15.2 Å². The lowest BCUT2D eigenvalue weighted by atomic mass is 10.1. The Labute approximate surface area is 139 Å². The van der Waals surface area contributed by atoms with Gasteiger partial charge in [0, 0.05) is 11.1 Å². The topological polar surface area (TPSA) is 71.5 Å². The van der Waals surface area contributed by atoms with Gasteiger partial charge in [-0.25, -0.2) is 0 Å². The second-order valence-electron chi connectivity index (χ2n) is 5.58. The average molecular weight is 322 g/mol. The normalized spacial score (nSPS) is 10.6. The van der Waals surface area contributed by atoms with Crippen LogP contribution in [0.3, 0.4) is 0 Å². The molecule has 1 aromatic heterocycles. The number of benzene rings is 2. The van der Waals surface area contributed by atoms with E-state index in [-0.39, 0.29) is 6.42 Å². The predicted molar refractivity (Wildman–Crippen MR) is 94.1 cm³/mol. The number of para-hydroxylation sites is 1.